The highest BCUT2D eigenvalue weighted by atomic mass is 32.2. The van der Waals surface area contributed by atoms with Crippen LogP contribution in [0.25, 0.3) is 10.9 Å². The number of pyridine rings is 1. The average Bonchev–Trinajstić information content (AvgIpc) is 3.19. The molecule has 1 aromatic carbocycles. The first kappa shape index (κ1) is 16.1. The maximum Gasteiger partial charge on any atom is 0.236 e. The van der Waals surface area contributed by atoms with Crippen molar-refractivity contribution in [1.82, 2.24) is 10.1 Å². The molecule has 4 rings (SSSR count). The van der Waals surface area contributed by atoms with Gasteiger partial charge in [-0.3, -0.25) is 4.79 Å². The number of fused-ring (bicyclic) bond motifs is 2. The second kappa shape index (κ2) is 6.52. The molecule has 1 aliphatic rings. The first-order valence-electron chi connectivity index (χ1n) is 8.37. The minimum absolute atomic E-state index is 0.117. The molecule has 0 bridgehead atoms. The van der Waals surface area contributed by atoms with Crippen molar-refractivity contribution >= 4 is 34.4 Å². The summed E-state index contributed by atoms with van der Waals surface area (Å²) in [6.07, 6.45) is 3.54. The van der Waals surface area contributed by atoms with Crippen molar-refractivity contribution in [3.8, 4) is 0 Å². The van der Waals surface area contributed by atoms with Gasteiger partial charge in [-0.1, -0.05) is 16.9 Å². The highest BCUT2D eigenvalue weighted by Crippen LogP contribution is 2.30. The van der Waals surface area contributed by atoms with E-state index in [4.69, 9.17) is 9.51 Å². The molecule has 0 aliphatic heterocycles. The van der Waals surface area contributed by atoms with Crippen molar-refractivity contribution in [2.75, 3.05) is 11.1 Å². The Morgan fingerprint density at radius 3 is 2.76 bits per heavy atom. The van der Waals surface area contributed by atoms with Crippen molar-refractivity contribution in [2.45, 2.75) is 38.1 Å². The summed E-state index contributed by atoms with van der Waals surface area (Å²) in [5.41, 5.74) is 4.98. The fourth-order valence-electron chi connectivity index (χ4n) is 3.22. The van der Waals surface area contributed by atoms with Crippen LogP contribution in [0.1, 0.15) is 28.9 Å². The molecule has 0 unspecified atom stereocenters. The predicted molar refractivity (Wildman–Crippen MR) is 99.1 cm³/mol. The number of nitrogens with one attached hydrogen (secondary N) is 1. The zero-order valence-electron chi connectivity index (χ0n) is 14.3. The molecule has 0 atom stereocenters. The molecule has 0 saturated carbocycles. The summed E-state index contributed by atoms with van der Waals surface area (Å²) in [6.45, 7) is 3.83. The number of amides is 1. The Bertz CT molecular complexity index is 965. The molecule has 128 valence electrons. The Hall–Kier alpha value is -2.34. The van der Waals surface area contributed by atoms with E-state index in [-0.39, 0.29) is 11.7 Å². The molecule has 0 fully saturated rings. The van der Waals surface area contributed by atoms with E-state index in [0.717, 1.165) is 22.5 Å². The number of aryl methyl sites for hydroxylation is 4. The van der Waals surface area contributed by atoms with Gasteiger partial charge in [-0.25, -0.2) is 4.98 Å². The second-order valence-corrected chi connectivity index (χ2v) is 7.40. The normalized spacial score (nSPS) is 13.2. The second-order valence-electron chi connectivity index (χ2n) is 6.44. The Balaban J connectivity index is 1.50. The summed E-state index contributed by atoms with van der Waals surface area (Å²) in [6, 6.07) is 8.34. The van der Waals surface area contributed by atoms with Crippen LogP contribution in [0.4, 0.5) is 5.82 Å². The highest BCUT2D eigenvalue weighted by molar-refractivity contribution is 8.00. The van der Waals surface area contributed by atoms with Crippen LogP contribution in [0.5, 0.6) is 0 Å². The molecule has 1 amide bonds. The van der Waals surface area contributed by atoms with E-state index >= 15 is 0 Å². The fourth-order valence-corrected chi connectivity index (χ4v) is 4.01. The summed E-state index contributed by atoms with van der Waals surface area (Å²) < 4.78 is 4.95. The van der Waals surface area contributed by atoms with Crippen LogP contribution in [0.2, 0.25) is 0 Å². The molecule has 0 saturated heterocycles. The van der Waals surface area contributed by atoms with Gasteiger partial charge in [-0.15, -0.1) is 0 Å². The van der Waals surface area contributed by atoms with E-state index in [1.807, 2.05) is 6.92 Å². The monoisotopic (exact) mass is 353 g/mol. The maximum atomic E-state index is 12.1. The average molecular weight is 353 g/mol. The molecule has 25 heavy (non-hydrogen) atoms. The quantitative estimate of drug-likeness (QED) is 0.717. The number of hydrogen-bond acceptors (Lipinski definition) is 5. The van der Waals surface area contributed by atoms with Crippen LogP contribution in [-0.4, -0.2) is 21.8 Å². The van der Waals surface area contributed by atoms with Crippen molar-refractivity contribution in [2.24, 2.45) is 0 Å². The summed E-state index contributed by atoms with van der Waals surface area (Å²) >= 11 is 1.45. The van der Waals surface area contributed by atoms with Gasteiger partial charge in [0, 0.05) is 11.5 Å². The SMILES string of the molecule is Cc1cc(NC(=O)CSc2nc3cc4c(cc3cc2C)CCC4)no1. The lowest BCUT2D eigenvalue weighted by Crippen LogP contribution is -2.14. The largest absolute Gasteiger partial charge is 0.360 e. The molecule has 2 heterocycles. The third-order valence-corrected chi connectivity index (χ3v) is 5.50. The van der Waals surface area contributed by atoms with Gasteiger partial charge in [0.15, 0.2) is 5.82 Å². The molecule has 1 N–H and O–H groups in total. The Labute approximate surface area is 150 Å². The van der Waals surface area contributed by atoms with Crippen LogP contribution in [0.15, 0.2) is 33.8 Å². The number of aromatic nitrogens is 2. The molecular weight excluding hydrogens is 334 g/mol. The number of anilines is 1. The van der Waals surface area contributed by atoms with Gasteiger partial charge in [0.05, 0.1) is 11.3 Å². The third kappa shape index (κ3) is 3.39. The Morgan fingerprint density at radius 1 is 1.20 bits per heavy atom. The van der Waals surface area contributed by atoms with E-state index in [9.17, 15) is 4.79 Å². The van der Waals surface area contributed by atoms with E-state index in [2.05, 4.69) is 28.7 Å². The number of hydrogen-bond donors (Lipinski definition) is 1. The van der Waals surface area contributed by atoms with Crippen LogP contribution in [0, 0.1) is 13.8 Å². The molecule has 6 heteroatoms. The van der Waals surface area contributed by atoms with Crippen molar-refractivity contribution in [3.63, 3.8) is 0 Å². The van der Waals surface area contributed by atoms with E-state index in [0.29, 0.717) is 11.6 Å². The standard InChI is InChI=1S/C19H19N3O2S/c1-11-6-15-8-13-4-3-5-14(13)9-16(15)20-19(11)25-10-18(23)21-17-7-12(2)24-22-17/h6-9H,3-5,10H2,1-2H3,(H,21,22,23). The minimum Gasteiger partial charge on any atom is -0.360 e. The van der Waals surface area contributed by atoms with Gasteiger partial charge in [-0.2, -0.15) is 0 Å². The van der Waals surface area contributed by atoms with Crippen LogP contribution >= 0.6 is 11.8 Å². The zero-order chi connectivity index (χ0) is 17.4. The number of nitrogens with zero attached hydrogens (tertiary/aromatic N) is 2. The fraction of sp³-hybridized carbons (Fsp3) is 0.316. The van der Waals surface area contributed by atoms with Gasteiger partial charge in [0.2, 0.25) is 5.91 Å². The summed E-state index contributed by atoms with van der Waals surface area (Å²) in [7, 11) is 0. The van der Waals surface area contributed by atoms with E-state index in [1.165, 1.54) is 41.1 Å². The van der Waals surface area contributed by atoms with Gasteiger partial charge in [0.1, 0.15) is 10.8 Å². The van der Waals surface area contributed by atoms with Crippen LogP contribution in [-0.2, 0) is 17.6 Å². The van der Waals surface area contributed by atoms with Crippen molar-refractivity contribution in [3.05, 3.63) is 46.7 Å². The van der Waals surface area contributed by atoms with Gasteiger partial charge in [-0.05, 0) is 68.0 Å². The predicted octanol–water partition coefficient (Wildman–Crippen LogP) is 4.06. The molecule has 5 nitrogen and oxygen atoms in total. The van der Waals surface area contributed by atoms with Gasteiger partial charge < -0.3 is 9.84 Å². The lowest BCUT2D eigenvalue weighted by atomic mass is 10.1. The molecule has 3 aromatic rings. The number of thioether (sulfide) groups is 1. The van der Waals surface area contributed by atoms with Gasteiger partial charge >= 0.3 is 0 Å². The molecular formula is C19H19N3O2S. The highest BCUT2D eigenvalue weighted by Gasteiger charge is 2.14. The van der Waals surface area contributed by atoms with Crippen LogP contribution in [0.3, 0.4) is 0 Å². The number of benzene rings is 1. The zero-order valence-corrected chi connectivity index (χ0v) is 15.1. The molecule has 0 spiro atoms. The molecule has 2 aromatic heterocycles. The Kier molecular flexibility index (Phi) is 4.21. The van der Waals surface area contributed by atoms with Crippen LogP contribution < -0.4 is 5.32 Å². The van der Waals surface area contributed by atoms with Gasteiger partial charge in [0.25, 0.3) is 0 Å². The minimum atomic E-state index is -0.117. The smallest absolute Gasteiger partial charge is 0.236 e. The first-order valence-corrected chi connectivity index (χ1v) is 9.36. The number of carbonyl (C=O) groups is 1. The van der Waals surface area contributed by atoms with E-state index in [1.54, 1.807) is 13.0 Å². The summed E-state index contributed by atoms with van der Waals surface area (Å²) in [5, 5.41) is 8.59. The topological polar surface area (TPSA) is 68.0 Å². The Morgan fingerprint density at radius 2 is 2.00 bits per heavy atom. The number of carbonyl (C=O) groups excluding carboxylic acids is 1. The lowest BCUT2D eigenvalue weighted by Gasteiger charge is -2.09. The first-order chi connectivity index (χ1) is 12.1. The molecule has 1 aliphatic carbocycles. The van der Waals surface area contributed by atoms with E-state index < -0.39 is 0 Å². The summed E-state index contributed by atoms with van der Waals surface area (Å²) in [5.74, 6) is 1.29. The number of rotatable bonds is 4. The maximum absolute atomic E-state index is 12.1. The van der Waals surface area contributed by atoms with Crippen molar-refractivity contribution in [1.29, 1.82) is 0 Å². The molecule has 0 radical (unpaired) electrons. The third-order valence-electron chi connectivity index (χ3n) is 4.41. The summed E-state index contributed by atoms with van der Waals surface area (Å²) in [4.78, 5) is 16.9. The lowest BCUT2D eigenvalue weighted by molar-refractivity contribution is -0.113. The van der Waals surface area contributed by atoms with Crippen molar-refractivity contribution < 1.29 is 9.32 Å².